The van der Waals surface area contributed by atoms with Crippen molar-refractivity contribution in [2.45, 2.75) is 13.0 Å². The van der Waals surface area contributed by atoms with Gasteiger partial charge in [0.15, 0.2) is 0 Å². The fraction of sp³-hybridized carbons (Fsp3) is 0.538. The van der Waals surface area contributed by atoms with Crippen molar-refractivity contribution in [1.29, 1.82) is 0 Å². The van der Waals surface area contributed by atoms with Crippen LogP contribution >= 0.6 is 0 Å². The highest BCUT2D eigenvalue weighted by molar-refractivity contribution is 5.56. The zero-order valence-electron chi connectivity index (χ0n) is 9.63. The van der Waals surface area contributed by atoms with Crippen molar-refractivity contribution in [2.75, 3.05) is 38.0 Å². The number of benzene rings is 1. The second kappa shape index (κ2) is 4.44. The number of piperazine rings is 1. The molecule has 0 spiro atoms. The van der Waals surface area contributed by atoms with E-state index in [1.165, 1.54) is 36.3 Å². The van der Waals surface area contributed by atoms with E-state index in [0.717, 1.165) is 26.2 Å². The third-order valence-electron chi connectivity index (χ3n) is 3.50. The minimum atomic E-state index is 1.10. The maximum atomic E-state index is 3.41. The van der Waals surface area contributed by atoms with Gasteiger partial charge in [0.05, 0.1) is 0 Å². The van der Waals surface area contributed by atoms with E-state index in [-0.39, 0.29) is 0 Å². The Morgan fingerprint density at radius 2 is 2.00 bits per heavy atom. The van der Waals surface area contributed by atoms with Gasteiger partial charge in [0.1, 0.15) is 0 Å². The number of nitrogens with zero attached hydrogens (tertiary/aromatic N) is 1. The van der Waals surface area contributed by atoms with Crippen LogP contribution in [-0.4, -0.2) is 37.6 Å². The highest BCUT2D eigenvalue weighted by Gasteiger charge is 2.13. The summed E-state index contributed by atoms with van der Waals surface area (Å²) in [6, 6.07) is 6.87. The summed E-state index contributed by atoms with van der Waals surface area (Å²) in [6.07, 6.45) is 1.19. The van der Waals surface area contributed by atoms with E-state index in [4.69, 9.17) is 0 Å². The van der Waals surface area contributed by atoms with Crippen LogP contribution in [-0.2, 0) is 13.0 Å². The summed E-state index contributed by atoms with van der Waals surface area (Å²) in [5.41, 5.74) is 4.29. The molecule has 1 aromatic rings. The van der Waals surface area contributed by atoms with Gasteiger partial charge in [-0.2, -0.15) is 0 Å². The molecule has 2 aliphatic heterocycles. The Balaban J connectivity index is 1.69. The van der Waals surface area contributed by atoms with E-state index in [1.54, 1.807) is 0 Å². The smallest absolute Gasteiger partial charge is 0.0373 e. The lowest BCUT2D eigenvalue weighted by molar-refractivity contribution is 0.233. The predicted molar refractivity (Wildman–Crippen MR) is 66.8 cm³/mol. The first-order chi connectivity index (χ1) is 7.92. The van der Waals surface area contributed by atoms with Gasteiger partial charge in [0.2, 0.25) is 0 Å². The van der Waals surface area contributed by atoms with Crippen LogP contribution < -0.4 is 10.6 Å². The SMILES string of the molecule is c1cc2c(cc1CN1CCNCC1)CCN2. The molecule has 0 unspecified atom stereocenters. The lowest BCUT2D eigenvalue weighted by atomic mass is 10.1. The van der Waals surface area contributed by atoms with Gasteiger partial charge in [-0.3, -0.25) is 4.90 Å². The van der Waals surface area contributed by atoms with Gasteiger partial charge in [0, 0.05) is 45.0 Å². The van der Waals surface area contributed by atoms with Gasteiger partial charge in [-0.1, -0.05) is 12.1 Å². The van der Waals surface area contributed by atoms with Crippen LogP contribution in [0.3, 0.4) is 0 Å². The zero-order chi connectivity index (χ0) is 10.8. The number of hydrogen-bond acceptors (Lipinski definition) is 3. The molecule has 3 rings (SSSR count). The maximum absolute atomic E-state index is 3.41. The second-order valence-corrected chi connectivity index (χ2v) is 4.69. The molecule has 3 heteroatoms. The predicted octanol–water partition coefficient (Wildman–Crippen LogP) is 1.06. The van der Waals surface area contributed by atoms with Crippen LogP contribution in [0.5, 0.6) is 0 Å². The molecule has 0 saturated carbocycles. The van der Waals surface area contributed by atoms with Crippen molar-refractivity contribution in [3.05, 3.63) is 29.3 Å². The van der Waals surface area contributed by atoms with Crippen LogP contribution in [0.15, 0.2) is 18.2 Å². The lowest BCUT2D eigenvalue weighted by Gasteiger charge is -2.27. The molecule has 0 atom stereocenters. The first-order valence-electron chi connectivity index (χ1n) is 6.20. The molecule has 0 amide bonds. The number of hydrogen-bond donors (Lipinski definition) is 2. The van der Waals surface area contributed by atoms with Crippen molar-refractivity contribution in [3.63, 3.8) is 0 Å². The summed E-state index contributed by atoms with van der Waals surface area (Å²) in [5.74, 6) is 0. The fourth-order valence-electron chi connectivity index (χ4n) is 2.58. The van der Waals surface area contributed by atoms with Crippen molar-refractivity contribution < 1.29 is 0 Å². The minimum Gasteiger partial charge on any atom is -0.384 e. The Labute approximate surface area is 96.8 Å². The number of nitrogens with one attached hydrogen (secondary N) is 2. The molecule has 2 aliphatic rings. The monoisotopic (exact) mass is 217 g/mol. The van der Waals surface area contributed by atoms with Crippen molar-refractivity contribution in [2.24, 2.45) is 0 Å². The molecule has 16 heavy (non-hydrogen) atoms. The zero-order valence-corrected chi connectivity index (χ0v) is 9.63. The Morgan fingerprint density at radius 3 is 2.88 bits per heavy atom. The third kappa shape index (κ3) is 2.06. The minimum absolute atomic E-state index is 1.10. The normalized spacial score (nSPS) is 20.5. The largest absolute Gasteiger partial charge is 0.384 e. The van der Waals surface area contributed by atoms with Gasteiger partial charge in [-0.25, -0.2) is 0 Å². The van der Waals surface area contributed by atoms with Crippen molar-refractivity contribution >= 4 is 5.69 Å². The molecule has 0 bridgehead atoms. The van der Waals surface area contributed by atoms with E-state index in [1.807, 2.05) is 0 Å². The van der Waals surface area contributed by atoms with E-state index in [0.29, 0.717) is 0 Å². The van der Waals surface area contributed by atoms with Gasteiger partial charge in [-0.05, 0) is 23.6 Å². The average molecular weight is 217 g/mol. The van der Waals surface area contributed by atoms with Gasteiger partial charge in [-0.15, -0.1) is 0 Å². The van der Waals surface area contributed by atoms with E-state index >= 15 is 0 Å². The van der Waals surface area contributed by atoms with Crippen LogP contribution in [0.25, 0.3) is 0 Å². The number of anilines is 1. The number of fused-ring (bicyclic) bond motifs is 1. The summed E-state index contributed by atoms with van der Waals surface area (Å²) >= 11 is 0. The molecule has 2 N–H and O–H groups in total. The molecule has 0 aliphatic carbocycles. The molecule has 3 nitrogen and oxygen atoms in total. The molecule has 1 fully saturated rings. The topological polar surface area (TPSA) is 27.3 Å². The van der Waals surface area contributed by atoms with Crippen LogP contribution in [0.1, 0.15) is 11.1 Å². The standard InChI is InChI=1S/C13H19N3/c1-2-13-12(3-4-15-13)9-11(1)10-16-7-5-14-6-8-16/h1-2,9,14-15H,3-8,10H2. The summed E-state index contributed by atoms with van der Waals surface area (Å²) in [4.78, 5) is 2.53. The summed E-state index contributed by atoms with van der Waals surface area (Å²) in [6.45, 7) is 6.82. The molecule has 0 aromatic heterocycles. The molecule has 1 aromatic carbocycles. The van der Waals surface area contributed by atoms with E-state index in [2.05, 4.69) is 33.7 Å². The molecule has 86 valence electrons. The second-order valence-electron chi connectivity index (χ2n) is 4.69. The molecule has 2 heterocycles. The first kappa shape index (κ1) is 10.1. The van der Waals surface area contributed by atoms with Gasteiger partial charge < -0.3 is 10.6 Å². The Kier molecular flexibility index (Phi) is 2.80. The van der Waals surface area contributed by atoms with Crippen molar-refractivity contribution in [1.82, 2.24) is 10.2 Å². The van der Waals surface area contributed by atoms with E-state index in [9.17, 15) is 0 Å². The third-order valence-corrected chi connectivity index (χ3v) is 3.50. The number of rotatable bonds is 2. The fourth-order valence-corrected chi connectivity index (χ4v) is 2.58. The summed E-state index contributed by atoms with van der Waals surface area (Å²) in [5, 5.41) is 6.80. The summed E-state index contributed by atoms with van der Waals surface area (Å²) < 4.78 is 0. The average Bonchev–Trinajstić information content (AvgIpc) is 2.77. The van der Waals surface area contributed by atoms with Crippen LogP contribution in [0.2, 0.25) is 0 Å². The molecule has 1 saturated heterocycles. The van der Waals surface area contributed by atoms with Crippen LogP contribution in [0.4, 0.5) is 5.69 Å². The highest BCUT2D eigenvalue weighted by Crippen LogP contribution is 2.23. The first-order valence-corrected chi connectivity index (χ1v) is 6.20. The summed E-state index contributed by atoms with van der Waals surface area (Å²) in [7, 11) is 0. The van der Waals surface area contributed by atoms with E-state index < -0.39 is 0 Å². The van der Waals surface area contributed by atoms with Gasteiger partial charge in [0.25, 0.3) is 0 Å². The molecule has 0 radical (unpaired) electrons. The van der Waals surface area contributed by atoms with Crippen LogP contribution in [0, 0.1) is 0 Å². The van der Waals surface area contributed by atoms with Gasteiger partial charge >= 0.3 is 0 Å². The Morgan fingerprint density at radius 1 is 1.12 bits per heavy atom. The quantitative estimate of drug-likeness (QED) is 0.775. The lowest BCUT2D eigenvalue weighted by Crippen LogP contribution is -2.42. The molecular weight excluding hydrogens is 198 g/mol. The maximum Gasteiger partial charge on any atom is 0.0373 e. The highest BCUT2D eigenvalue weighted by atomic mass is 15.2. The van der Waals surface area contributed by atoms with Crippen molar-refractivity contribution in [3.8, 4) is 0 Å². The molecular formula is C13H19N3. The Bertz CT molecular complexity index is 369. The Hall–Kier alpha value is -1.06.